The Hall–Kier alpha value is -3.13. The van der Waals surface area contributed by atoms with Gasteiger partial charge in [-0.2, -0.15) is 5.26 Å². The molecule has 2 rings (SSSR count). The van der Waals surface area contributed by atoms with Gasteiger partial charge in [-0.1, -0.05) is 0 Å². The molecular weight excluding hydrogens is 419 g/mol. The van der Waals surface area contributed by atoms with Gasteiger partial charge in [-0.25, -0.2) is 18.0 Å². The van der Waals surface area contributed by atoms with Crippen molar-refractivity contribution in [2.24, 2.45) is 0 Å². The first-order chi connectivity index (χ1) is 14.7. The van der Waals surface area contributed by atoms with Crippen LogP contribution in [0.4, 0.5) is 13.2 Å². The first kappa shape index (κ1) is 24.1. The van der Waals surface area contributed by atoms with Crippen LogP contribution in [0.15, 0.2) is 12.1 Å². The van der Waals surface area contributed by atoms with Crippen molar-refractivity contribution < 1.29 is 37.0 Å². The van der Waals surface area contributed by atoms with E-state index in [1.165, 1.54) is 18.9 Å². The predicted molar refractivity (Wildman–Crippen MR) is 99.5 cm³/mol. The normalized spacial score (nSPS) is 17.7. The molecule has 1 aromatic carbocycles. The Morgan fingerprint density at radius 1 is 1.35 bits per heavy atom. The first-order valence-electron chi connectivity index (χ1n) is 9.46. The molecule has 1 aromatic rings. The molecule has 1 aliphatic heterocycles. The van der Waals surface area contributed by atoms with E-state index in [1.54, 1.807) is 6.07 Å². The molecule has 0 unspecified atom stereocenters. The van der Waals surface area contributed by atoms with Crippen LogP contribution in [0.25, 0.3) is 0 Å². The fourth-order valence-corrected chi connectivity index (χ4v) is 3.27. The monoisotopic (exact) mass is 441 g/mol. The third-order valence-electron chi connectivity index (χ3n) is 4.97. The lowest BCUT2D eigenvalue weighted by Gasteiger charge is -2.27. The maximum atomic E-state index is 14.0. The minimum atomic E-state index is -1.37. The first-order valence-corrected chi connectivity index (χ1v) is 9.46. The highest BCUT2D eigenvalue weighted by atomic mass is 19.2. The van der Waals surface area contributed by atoms with Crippen molar-refractivity contribution in [2.75, 3.05) is 13.7 Å². The predicted octanol–water partition coefficient (Wildman–Crippen LogP) is 1.57. The summed E-state index contributed by atoms with van der Waals surface area (Å²) in [7, 11) is 1.32. The smallest absolute Gasteiger partial charge is 0.332 e. The quantitative estimate of drug-likeness (QED) is 0.460. The van der Waals surface area contributed by atoms with Crippen LogP contribution in [0.3, 0.4) is 0 Å². The zero-order valence-corrected chi connectivity index (χ0v) is 17.0. The molecule has 3 atom stereocenters. The number of carbonyl (C=O) groups excluding carboxylic acids is 3. The number of esters is 1. The number of amides is 2. The number of carbonyl (C=O) groups is 3. The van der Waals surface area contributed by atoms with Crippen molar-refractivity contribution in [3.63, 3.8) is 0 Å². The van der Waals surface area contributed by atoms with Gasteiger partial charge in [-0.3, -0.25) is 9.59 Å². The average molecular weight is 441 g/mol. The zero-order chi connectivity index (χ0) is 23.1. The lowest BCUT2D eigenvalue weighted by Crippen LogP contribution is -2.50. The van der Waals surface area contributed by atoms with Gasteiger partial charge in [-0.05, 0) is 19.4 Å². The van der Waals surface area contributed by atoms with Crippen LogP contribution in [0, 0.1) is 28.8 Å². The van der Waals surface area contributed by atoms with Gasteiger partial charge in [0.05, 0.1) is 6.10 Å². The molecule has 0 saturated carbocycles. The van der Waals surface area contributed by atoms with Crippen LogP contribution < -0.4 is 5.32 Å². The van der Waals surface area contributed by atoms with Gasteiger partial charge >= 0.3 is 5.97 Å². The van der Waals surface area contributed by atoms with E-state index in [-0.39, 0.29) is 24.8 Å². The second-order valence-corrected chi connectivity index (χ2v) is 7.03. The van der Waals surface area contributed by atoms with Gasteiger partial charge in [0.25, 0.3) is 0 Å². The summed E-state index contributed by atoms with van der Waals surface area (Å²) in [5, 5.41) is 11.0. The summed E-state index contributed by atoms with van der Waals surface area (Å²) >= 11 is 0. The summed E-state index contributed by atoms with van der Waals surface area (Å²) in [6.45, 7) is 0.618. The highest BCUT2D eigenvalue weighted by Crippen LogP contribution is 2.26. The third kappa shape index (κ3) is 6.18. The van der Waals surface area contributed by atoms with E-state index in [2.05, 4.69) is 5.32 Å². The van der Waals surface area contributed by atoms with Gasteiger partial charge in [0.15, 0.2) is 24.3 Å². The summed E-state index contributed by atoms with van der Waals surface area (Å²) in [5.41, 5.74) is -0.343. The van der Waals surface area contributed by atoms with Gasteiger partial charge in [0.1, 0.15) is 11.9 Å². The Morgan fingerprint density at radius 3 is 2.71 bits per heavy atom. The number of rotatable bonds is 9. The standard InChI is InChI=1S/C20H22F3N3O5/c1-11(30-2)19(20(29)31-6-5-24)25-16(27)9-14-3-4-17(28)26(14)10-12-7-13(21)8-15(22)18(12)23/h7-8,11,14,19H,3-4,6,9-10H2,1-2H3,(H,25,27)/t11-,14+,19+/m1/s1. The van der Waals surface area contributed by atoms with Crippen molar-refractivity contribution >= 4 is 17.8 Å². The molecule has 1 heterocycles. The van der Waals surface area contributed by atoms with E-state index < -0.39 is 66.6 Å². The van der Waals surface area contributed by atoms with Crippen LogP contribution in [0.5, 0.6) is 0 Å². The van der Waals surface area contributed by atoms with Gasteiger partial charge < -0.3 is 19.7 Å². The van der Waals surface area contributed by atoms with Crippen molar-refractivity contribution in [3.05, 3.63) is 35.1 Å². The molecule has 31 heavy (non-hydrogen) atoms. The Balaban J connectivity index is 2.09. The zero-order valence-electron chi connectivity index (χ0n) is 17.0. The third-order valence-corrected chi connectivity index (χ3v) is 4.97. The Morgan fingerprint density at radius 2 is 2.06 bits per heavy atom. The van der Waals surface area contributed by atoms with E-state index in [4.69, 9.17) is 14.7 Å². The van der Waals surface area contributed by atoms with Crippen LogP contribution in [-0.2, 0) is 30.4 Å². The fraction of sp³-hybridized carbons (Fsp3) is 0.500. The topological polar surface area (TPSA) is 109 Å². The maximum Gasteiger partial charge on any atom is 0.332 e. The molecule has 0 radical (unpaired) electrons. The molecule has 8 nitrogen and oxygen atoms in total. The van der Waals surface area contributed by atoms with Gasteiger partial charge in [0.2, 0.25) is 11.8 Å². The number of benzene rings is 1. The molecule has 0 spiro atoms. The molecule has 0 aromatic heterocycles. The van der Waals surface area contributed by atoms with Crippen molar-refractivity contribution in [1.29, 1.82) is 5.26 Å². The number of hydrogen-bond donors (Lipinski definition) is 1. The van der Waals surface area contributed by atoms with Crippen molar-refractivity contribution in [3.8, 4) is 6.07 Å². The summed E-state index contributed by atoms with van der Waals surface area (Å²) in [4.78, 5) is 38.0. The van der Waals surface area contributed by atoms with E-state index in [0.29, 0.717) is 6.07 Å². The highest BCUT2D eigenvalue weighted by Gasteiger charge is 2.35. The second kappa shape index (κ2) is 10.8. The summed E-state index contributed by atoms with van der Waals surface area (Å²) in [6.07, 6.45) is -0.640. The lowest BCUT2D eigenvalue weighted by molar-refractivity contribution is -0.150. The summed E-state index contributed by atoms with van der Waals surface area (Å²) < 4.78 is 50.7. The van der Waals surface area contributed by atoms with Gasteiger partial charge in [0, 0.05) is 44.2 Å². The number of ether oxygens (including phenoxy) is 2. The maximum absolute atomic E-state index is 14.0. The highest BCUT2D eigenvalue weighted by molar-refractivity contribution is 5.86. The molecule has 0 bridgehead atoms. The number of nitriles is 1. The molecule has 1 aliphatic rings. The molecule has 11 heteroatoms. The Kier molecular flexibility index (Phi) is 8.38. The lowest BCUT2D eigenvalue weighted by atomic mass is 10.1. The van der Waals surface area contributed by atoms with Crippen LogP contribution in [0.2, 0.25) is 0 Å². The Labute approximate surface area is 176 Å². The number of nitrogens with zero attached hydrogens (tertiary/aromatic N) is 2. The number of halogens is 3. The van der Waals surface area contributed by atoms with E-state index >= 15 is 0 Å². The number of likely N-dealkylation sites (tertiary alicyclic amines) is 1. The molecule has 1 saturated heterocycles. The van der Waals surface area contributed by atoms with E-state index in [9.17, 15) is 27.6 Å². The minimum absolute atomic E-state index is 0.0828. The largest absolute Gasteiger partial charge is 0.449 e. The SMILES string of the molecule is CO[C@H](C)[C@H](NC(=O)C[C@@H]1CCC(=O)N1Cc1cc(F)cc(F)c1F)C(=O)OCC#N. The summed E-state index contributed by atoms with van der Waals surface area (Å²) in [6, 6.07) is 0.990. The van der Waals surface area contributed by atoms with Gasteiger partial charge in [-0.15, -0.1) is 0 Å². The fourth-order valence-electron chi connectivity index (χ4n) is 3.27. The number of hydrogen-bond acceptors (Lipinski definition) is 6. The van der Waals surface area contributed by atoms with E-state index in [1.807, 2.05) is 0 Å². The molecule has 168 valence electrons. The van der Waals surface area contributed by atoms with Crippen molar-refractivity contribution in [2.45, 2.75) is 50.9 Å². The van der Waals surface area contributed by atoms with Crippen LogP contribution >= 0.6 is 0 Å². The van der Waals surface area contributed by atoms with Crippen LogP contribution in [0.1, 0.15) is 31.7 Å². The number of nitrogens with one attached hydrogen (secondary N) is 1. The van der Waals surface area contributed by atoms with Crippen molar-refractivity contribution in [1.82, 2.24) is 10.2 Å². The minimum Gasteiger partial charge on any atom is -0.449 e. The molecular formula is C20H22F3N3O5. The molecule has 2 amide bonds. The molecule has 1 N–H and O–H groups in total. The van der Waals surface area contributed by atoms with Crippen LogP contribution in [-0.4, -0.2) is 54.6 Å². The number of methoxy groups -OCH3 is 1. The summed E-state index contributed by atoms with van der Waals surface area (Å²) in [5.74, 6) is -5.49. The second-order valence-electron chi connectivity index (χ2n) is 7.03. The van der Waals surface area contributed by atoms with E-state index in [0.717, 1.165) is 6.07 Å². The Bertz CT molecular complexity index is 890. The molecule has 0 aliphatic carbocycles. The average Bonchev–Trinajstić information content (AvgIpc) is 3.06. The molecule has 1 fully saturated rings.